The first-order chi connectivity index (χ1) is 13.5. The van der Waals surface area contributed by atoms with E-state index in [1.54, 1.807) is 19.3 Å². The summed E-state index contributed by atoms with van der Waals surface area (Å²) in [6.45, 7) is 5.04. The van der Waals surface area contributed by atoms with Crippen molar-refractivity contribution in [3.05, 3.63) is 59.8 Å². The predicted molar refractivity (Wildman–Crippen MR) is 116 cm³/mol. The van der Waals surface area contributed by atoms with E-state index in [4.69, 9.17) is 21.7 Å². The number of methoxy groups -OCH3 is 1. The third-order valence-corrected chi connectivity index (χ3v) is 4.63. The molecule has 28 heavy (non-hydrogen) atoms. The number of anilines is 1. The Kier molecular flexibility index (Phi) is 6.31. The molecule has 1 aliphatic heterocycles. The van der Waals surface area contributed by atoms with Crippen LogP contribution in [0.5, 0.6) is 11.5 Å². The van der Waals surface area contributed by atoms with Gasteiger partial charge in [-0.05, 0) is 60.5 Å². The molecule has 1 heterocycles. The molecular formula is C22H24N2O3S. The first kappa shape index (κ1) is 19.9. The first-order valence-electron chi connectivity index (χ1n) is 9.22. The minimum absolute atomic E-state index is 0.199. The SMILES string of the molecule is COc1cccc(N2C(=O)/C(=C/c3ccc(OCCC(C)C)cc3)NC2=S)c1. The number of thiocarbonyl (C=S) groups is 1. The second kappa shape index (κ2) is 8.89. The quantitative estimate of drug-likeness (QED) is 0.556. The molecule has 1 aliphatic rings. The smallest absolute Gasteiger partial charge is 0.281 e. The van der Waals surface area contributed by atoms with Gasteiger partial charge in [-0.1, -0.05) is 32.0 Å². The zero-order valence-corrected chi connectivity index (χ0v) is 17.1. The van der Waals surface area contributed by atoms with Gasteiger partial charge in [-0.2, -0.15) is 0 Å². The number of nitrogens with one attached hydrogen (secondary N) is 1. The fourth-order valence-electron chi connectivity index (χ4n) is 2.76. The van der Waals surface area contributed by atoms with E-state index >= 15 is 0 Å². The highest BCUT2D eigenvalue weighted by Gasteiger charge is 2.32. The Morgan fingerprint density at radius 2 is 1.89 bits per heavy atom. The molecule has 6 heteroatoms. The van der Waals surface area contributed by atoms with Crippen LogP contribution in [0.2, 0.25) is 0 Å². The second-order valence-electron chi connectivity index (χ2n) is 6.93. The lowest BCUT2D eigenvalue weighted by Gasteiger charge is -2.14. The predicted octanol–water partition coefficient (Wildman–Crippen LogP) is 4.38. The van der Waals surface area contributed by atoms with Crippen LogP contribution < -0.4 is 19.7 Å². The van der Waals surface area contributed by atoms with Gasteiger partial charge in [0.15, 0.2) is 5.11 Å². The number of nitrogens with zero attached hydrogens (tertiary/aromatic N) is 1. The van der Waals surface area contributed by atoms with Gasteiger partial charge in [0.2, 0.25) is 0 Å². The normalized spacial score (nSPS) is 15.3. The highest BCUT2D eigenvalue weighted by atomic mass is 32.1. The van der Waals surface area contributed by atoms with Gasteiger partial charge < -0.3 is 14.8 Å². The van der Waals surface area contributed by atoms with Gasteiger partial charge in [-0.15, -0.1) is 0 Å². The molecule has 2 aromatic rings. The Morgan fingerprint density at radius 3 is 2.57 bits per heavy atom. The molecule has 1 fully saturated rings. The van der Waals surface area contributed by atoms with Gasteiger partial charge in [-0.3, -0.25) is 9.69 Å². The van der Waals surface area contributed by atoms with Gasteiger partial charge in [0.1, 0.15) is 17.2 Å². The molecule has 0 spiro atoms. The van der Waals surface area contributed by atoms with Gasteiger partial charge in [0.05, 0.1) is 19.4 Å². The molecular weight excluding hydrogens is 372 g/mol. The average molecular weight is 397 g/mol. The highest BCUT2D eigenvalue weighted by molar-refractivity contribution is 7.80. The van der Waals surface area contributed by atoms with E-state index in [1.807, 2.05) is 42.5 Å². The first-order valence-corrected chi connectivity index (χ1v) is 9.63. The monoisotopic (exact) mass is 396 g/mol. The molecule has 0 saturated carbocycles. The molecule has 3 rings (SSSR count). The minimum Gasteiger partial charge on any atom is -0.497 e. The summed E-state index contributed by atoms with van der Waals surface area (Å²) < 4.78 is 11.0. The van der Waals surface area contributed by atoms with Gasteiger partial charge in [0.25, 0.3) is 5.91 Å². The van der Waals surface area contributed by atoms with Gasteiger partial charge in [-0.25, -0.2) is 0 Å². The minimum atomic E-state index is -0.199. The summed E-state index contributed by atoms with van der Waals surface area (Å²) in [5.41, 5.74) is 1.99. The van der Waals surface area contributed by atoms with Gasteiger partial charge >= 0.3 is 0 Å². The molecule has 1 N–H and O–H groups in total. The molecule has 0 unspecified atom stereocenters. The van der Waals surface area contributed by atoms with E-state index in [0.717, 1.165) is 17.7 Å². The lowest BCUT2D eigenvalue weighted by Crippen LogP contribution is -2.30. The molecule has 146 valence electrons. The van der Waals surface area contributed by atoms with Crippen LogP contribution in [0.1, 0.15) is 25.8 Å². The Balaban J connectivity index is 1.72. The number of hydrogen-bond donors (Lipinski definition) is 1. The third-order valence-electron chi connectivity index (χ3n) is 4.34. The lowest BCUT2D eigenvalue weighted by atomic mass is 10.1. The topological polar surface area (TPSA) is 50.8 Å². The van der Waals surface area contributed by atoms with Crippen molar-refractivity contribution in [2.45, 2.75) is 20.3 Å². The van der Waals surface area contributed by atoms with Crippen molar-refractivity contribution in [1.29, 1.82) is 0 Å². The maximum Gasteiger partial charge on any atom is 0.281 e. The Morgan fingerprint density at radius 1 is 1.14 bits per heavy atom. The largest absolute Gasteiger partial charge is 0.497 e. The van der Waals surface area contributed by atoms with E-state index in [9.17, 15) is 4.79 Å². The van der Waals surface area contributed by atoms with Crippen LogP contribution in [0.25, 0.3) is 6.08 Å². The van der Waals surface area contributed by atoms with Crippen molar-refractivity contribution in [1.82, 2.24) is 5.32 Å². The number of benzene rings is 2. The summed E-state index contributed by atoms with van der Waals surface area (Å²) in [6, 6.07) is 14.9. The van der Waals surface area contributed by atoms with Crippen LogP contribution in [-0.2, 0) is 4.79 Å². The standard InChI is InChI=1S/C22H24N2O3S/c1-15(2)11-12-27-18-9-7-16(8-10-18)13-20-21(25)24(22(28)23-20)17-5-4-6-19(14-17)26-3/h4-10,13-15H,11-12H2,1-3H3,(H,23,28)/b20-13-. The van der Waals surface area contributed by atoms with E-state index in [0.29, 0.717) is 34.8 Å². The van der Waals surface area contributed by atoms with E-state index < -0.39 is 0 Å². The average Bonchev–Trinajstić information content (AvgIpc) is 2.96. The summed E-state index contributed by atoms with van der Waals surface area (Å²) >= 11 is 5.35. The molecule has 1 saturated heterocycles. The van der Waals surface area contributed by atoms with Crippen LogP contribution in [-0.4, -0.2) is 24.7 Å². The van der Waals surface area contributed by atoms with Gasteiger partial charge in [0, 0.05) is 6.07 Å². The summed E-state index contributed by atoms with van der Waals surface area (Å²) in [5.74, 6) is 1.90. The molecule has 0 radical (unpaired) electrons. The van der Waals surface area contributed by atoms with E-state index in [1.165, 1.54) is 4.90 Å². The molecule has 0 bridgehead atoms. The summed E-state index contributed by atoms with van der Waals surface area (Å²) in [5, 5.41) is 3.34. The number of hydrogen-bond acceptors (Lipinski definition) is 4. The van der Waals surface area contributed by atoms with Crippen LogP contribution >= 0.6 is 12.2 Å². The van der Waals surface area contributed by atoms with E-state index in [-0.39, 0.29) is 5.91 Å². The van der Waals surface area contributed by atoms with Crippen LogP contribution in [0.15, 0.2) is 54.2 Å². The number of amides is 1. The molecule has 5 nitrogen and oxygen atoms in total. The second-order valence-corrected chi connectivity index (χ2v) is 7.32. The lowest BCUT2D eigenvalue weighted by molar-refractivity contribution is -0.113. The summed E-state index contributed by atoms with van der Waals surface area (Å²) in [4.78, 5) is 14.3. The fraction of sp³-hybridized carbons (Fsp3) is 0.273. The summed E-state index contributed by atoms with van der Waals surface area (Å²) in [7, 11) is 1.59. The molecule has 0 aromatic heterocycles. The van der Waals surface area contributed by atoms with Crippen molar-refractivity contribution in [2.75, 3.05) is 18.6 Å². The zero-order chi connectivity index (χ0) is 20.1. The third kappa shape index (κ3) is 4.70. The number of carbonyl (C=O) groups is 1. The number of rotatable bonds is 7. The molecule has 0 atom stereocenters. The molecule has 2 aromatic carbocycles. The van der Waals surface area contributed by atoms with Crippen molar-refractivity contribution in [3.63, 3.8) is 0 Å². The van der Waals surface area contributed by atoms with Crippen molar-refractivity contribution < 1.29 is 14.3 Å². The highest BCUT2D eigenvalue weighted by Crippen LogP contribution is 2.26. The van der Waals surface area contributed by atoms with Crippen LogP contribution in [0, 0.1) is 5.92 Å². The Bertz CT molecular complexity index is 891. The fourth-order valence-corrected chi connectivity index (χ4v) is 3.06. The molecule has 1 amide bonds. The Labute approximate surface area is 170 Å². The van der Waals surface area contributed by atoms with Crippen molar-refractivity contribution >= 4 is 35.0 Å². The summed E-state index contributed by atoms with van der Waals surface area (Å²) in [6.07, 6.45) is 2.80. The zero-order valence-electron chi connectivity index (χ0n) is 16.3. The maximum absolute atomic E-state index is 12.8. The number of carbonyl (C=O) groups excluding carboxylic acids is 1. The maximum atomic E-state index is 12.8. The van der Waals surface area contributed by atoms with Crippen molar-refractivity contribution in [3.8, 4) is 11.5 Å². The Hall–Kier alpha value is -2.86. The van der Waals surface area contributed by atoms with Crippen LogP contribution in [0.3, 0.4) is 0 Å². The van der Waals surface area contributed by atoms with Crippen LogP contribution in [0.4, 0.5) is 5.69 Å². The van der Waals surface area contributed by atoms with E-state index in [2.05, 4.69) is 19.2 Å². The van der Waals surface area contributed by atoms with Crippen molar-refractivity contribution in [2.24, 2.45) is 5.92 Å². The molecule has 0 aliphatic carbocycles. The number of ether oxygens (including phenoxy) is 2.